The third-order valence-electron chi connectivity index (χ3n) is 3.03. The molecule has 0 radical (unpaired) electrons. The van der Waals surface area contributed by atoms with Gasteiger partial charge in [0, 0.05) is 10.5 Å². The molecule has 5 nitrogen and oxygen atoms in total. The van der Waals surface area contributed by atoms with Gasteiger partial charge >= 0.3 is 0 Å². The highest BCUT2D eigenvalue weighted by Gasteiger charge is 2.34. The average Bonchev–Trinajstić information content (AvgIpc) is 2.29. The van der Waals surface area contributed by atoms with E-state index < -0.39 is 5.92 Å². The van der Waals surface area contributed by atoms with Crippen LogP contribution in [-0.4, -0.2) is 24.4 Å². The second-order valence-electron chi connectivity index (χ2n) is 4.27. The van der Waals surface area contributed by atoms with E-state index in [1.165, 1.54) is 0 Å². The second kappa shape index (κ2) is 4.53. The summed E-state index contributed by atoms with van der Waals surface area (Å²) in [6, 6.07) is 5.56. The van der Waals surface area contributed by atoms with Crippen molar-refractivity contribution in [1.82, 2.24) is 0 Å². The van der Waals surface area contributed by atoms with E-state index in [0.29, 0.717) is 5.75 Å². The van der Waals surface area contributed by atoms with Crippen LogP contribution in [0.5, 0.6) is 5.75 Å². The summed E-state index contributed by atoms with van der Waals surface area (Å²) in [6.07, 6.45) is 0.749. The van der Waals surface area contributed by atoms with Gasteiger partial charge in [0.05, 0.1) is 18.4 Å². The van der Waals surface area contributed by atoms with Gasteiger partial charge in [-0.2, -0.15) is 0 Å². The largest absolute Gasteiger partial charge is 0.493 e. The van der Waals surface area contributed by atoms with Gasteiger partial charge in [-0.1, -0.05) is 17.7 Å². The highest BCUT2D eigenvalue weighted by Crippen LogP contribution is 2.36. The minimum Gasteiger partial charge on any atom is -0.493 e. The molecule has 2 rings (SSSR count). The Balaban J connectivity index is 2.41. The Labute approximate surface area is 98.5 Å². The van der Waals surface area contributed by atoms with Crippen molar-refractivity contribution in [3.63, 3.8) is 0 Å². The summed E-state index contributed by atoms with van der Waals surface area (Å²) in [4.78, 5) is 21.2. The third kappa shape index (κ3) is 2.27. The van der Waals surface area contributed by atoms with Gasteiger partial charge in [-0.15, -0.1) is 0 Å². The van der Waals surface area contributed by atoms with Crippen LogP contribution in [0.4, 0.5) is 0 Å². The number of carbonyl (C=O) groups excluding carboxylic acids is 1. The molecule has 0 N–H and O–H groups in total. The summed E-state index contributed by atoms with van der Waals surface area (Å²) in [5.74, 6) is -0.165. The normalized spacial score (nSPS) is 22.4. The first kappa shape index (κ1) is 11.6. The van der Waals surface area contributed by atoms with E-state index in [9.17, 15) is 14.9 Å². The van der Waals surface area contributed by atoms with E-state index in [1.807, 2.05) is 19.1 Å². The monoisotopic (exact) mass is 235 g/mol. The van der Waals surface area contributed by atoms with Crippen LogP contribution in [0, 0.1) is 23.0 Å². The summed E-state index contributed by atoms with van der Waals surface area (Å²) < 4.78 is 5.44. The molecule has 17 heavy (non-hydrogen) atoms. The third-order valence-corrected chi connectivity index (χ3v) is 3.03. The van der Waals surface area contributed by atoms with Gasteiger partial charge in [0.25, 0.3) is 0 Å². The summed E-state index contributed by atoms with van der Waals surface area (Å²) >= 11 is 0. The van der Waals surface area contributed by atoms with Crippen LogP contribution in [0.2, 0.25) is 0 Å². The fraction of sp³-hybridized carbons (Fsp3) is 0.417. The Morgan fingerprint density at radius 1 is 1.59 bits per heavy atom. The van der Waals surface area contributed by atoms with Crippen molar-refractivity contribution in [2.45, 2.75) is 12.8 Å². The molecule has 0 aliphatic carbocycles. The first-order valence-electron chi connectivity index (χ1n) is 5.42. The number of fused-ring (bicyclic) bond motifs is 1. The van der Waals surface area contributed by atoms with E-state index in [1.54, 1.807) is 6.07 Å². The van der Waals surface area contributed by atoms with Crippen molar-refractivity contribution in [3.05, 3.63) is 39.4 Å². The summed E-state index contributed by atoms with van der Waals surface area (Å²) in [5.41, 5.74) is 1.78. The van der Waals surface area contributed by atoms with E-state index in [4.69, 9.17) is 4.74 Å². The zero-order valence-electron chi connectivity index (χ0n) is 9.46. The van der Waals surface area contributed by atoms with Crippen LogP contribution >= 0.6 is 0 Å². The Hall–Kier alpha value is -1.91. The molecule has 1 aromatic rings. The molecule has 2 atom stereocenters. The number of hydrogen-bond donors (Lipinski definition) is 0. The molecule has 1 aliphatic rings. The number of benzene rings is 1. The second-order valence-corrected chi connectivity index (χ2v) is 4.27. The van der Waals surface area contributed by atoms with E-state index in [2.05, 4.69) is 0 Å². The van der Waals surface area contributed by atoms with E-state index in [-0.39, 0.29) is 24.0 Å². The van der Waals surface area contributed by atoms with Crippen LogP contribution in [0.15, 0.2) is 18.2 Å². The number of ether oxygens (including phenoxy) is 1. The van der Waals surface area contributed by atoms with Crippen LogP contribution < -0.4 is 4.74 Å². The lowest BCUT2D eigenvalue weighted by Crippen LogP contribution is -2.31. The van der Waals surface area contributed by atoms with Crippen molar-refractivity contribution in [2.24, 2.45) is 5.92 Å². The number of carbonyl (C=O) groups is 1. The number of nitro groups is 1. The van der Waals surface area contributed by atoms with Crippen molar-refractivity contribution in [3.8, 4) is 5.75 Å². The first-order chi connectivity index (χ1) is 8.11. The van der Waals surface area contributed by atoms with Gasteiger partial charge < -0.3 is 9.53 Å². The fourth-order valence-corrected chi connectivity index (χ4v) is 2.15. The molecular weight excluding hydrogens is 222 g/mol. The Kier molecular flexibility index (Phi) is 3.08. The Bertz CT molecular complexity index is 458. The van der Waals surface area contributed by atoms with Crippen LogP contribution in [0.3, 0.4) is 0 Å². The summed E-state index contributed by atoms with van der Waals surface area (Å²) in [7, 11) is 0. The molecule has 0 unspecified atom stereocenters. The van der Waals surface area contributed by atoms with Crippen LogP contribution in [0.25, 0.3) is 0 Å². The lowest BCUT2D eigenvalue weighted by Gasteiger charge is -2.28. The maximum absolute atomic E-state index is 10.9. The molecule has 1 heterocycles. The van der Waals surface area contributed by atoms with Crippen molar-refractivity contribution < 1.29 is 14.5 Å². The Morgan fingerprint density at radius 2 is 2.35 bits per heavy atom. The van der Waals surface area contributed by atoms with Crippen molar-refractivity contribution in [2.75, 3.05) is 13.2 Å². The maximum atomic E-state index is 10.9. The standard InChI is InChI=1S/C12H13NO4/c1-8-2-3-12-10(4-8)11(5-13(15)16)9(6-14)7-17-12/h2-4,6,9,11H,5,7H2,1H3/t9-,11+/m0/s1. The molecular formula is C12H13NO4. The minimum absolute atomic E-state index is 0.220. The predicted molar refractivity (Wildman–Crippen MR) is 60.8 cm³/mol. The average molecular weight is 235 g/mol. The van der Waals surface area contributed by atoms with Gasteiger partial charge in [0.2, 0.25) is 6.54 Å². The first-order valence-corrected chi connectivity index (χ1v) is 5.42. The van der Waals surface area contributed by atoms with Gasteiger partial charge in [0.1, 0.15) is 12.0 Å². The number of aryl methyl sites for hydroxylation is 1. The zero-order valence-corrected chi connectivity index (χ0v) is 9.46. The van der Waals surface area contributed by atoms with Crippen molar-refractivity contribution in [1.29, 1.82) is 0 Å². The molecule has 5 heteroatoms. The number of rotatable bonds is 3. The number of aldehydes is 1. The smallest absolute Gasteiger partial charge is 0.211 e. The lowest BCUT2D eigenvalue weighted by atomic mass is 9.84. The minimum atomic E-state index is -0.435. The molecule has 0 saturated carbocycles. The molecule has 0 fully saturated rings. The van der Waals surface area contributed by atoms with Gasteiger partial charge in [0.15, 0.2) is 0 Å². The highest BCUT2D eigenvalue weighted by molar-refractivity contribution is 5.59. The number of hydrogen-bond acceptors (Lipinski definition) is 4. The molecule has 0 saturated heterocycles. The molecule has 90 valence electrons. The van der Waals surface area contributed by atoms with Crippen molar-refractivity contribution >= 4 is 6.29 Å². The Morgan fingerprint density at radius 3 is 3.00 bits per heavy atom. The summed E-state index contributed by atoms with van der Waals surface area (Å²) in [6.45, 7) is 1.90. The molecule has 0 bridgehead atoms. The molecule has 1 aromatic carbocycles. The van der Waals surface area contributed by atoms with E-state index >= 15 is 0 Å². The predicted octanol–water partition coefficient (Wildman–Crippen LogP) is 1.56. The topological polar surface area (TPSA) is 69.4 Å². The number of nitrogens with zero attached hydrogens (tertiary/aromatic N) is 1. The summed E-state index contributed by atoms with van der Waals surface area (Å²) in [5, 5.41) is 10.7. The van der Waals surface area contributed by atoms with E-state index in [0.717, 1.165) is 17.4 Å². The van der Waals surface area contributed by atoms with Gasteiger partial charge in [-0.25, -0.2) is 0 Å². The van der Waals surface area contributed by atoms with Crippen LogP contribution in [-0.2, 0) is 4.79 Å². The zero-order chi connectivity index (χ0) is 12.4. The fourth-order valence-electron chi connectivity index (χ4n) is 2.15. The SMILES string of the molecule is Cc1ccc2c(c1)[C@H](C[N+](=O)[O-])[C@@H](C=O)CO2. The molecule has 0 aromatic heterocycles. The van der Waals surface area contributed by atoms with Crippen LogP contribution in [0.1, 0.15) is 17.0 Å². The van der Waals surface area contributed by atoms with Gasteiger partial charge in [-0.05, 0) is 13.0 Å². The molecule has 0 spiro atoms. The quantitative estimate of drug-likeness (QED) is 0.453. The van der Waals surface area contributed by atoms with Gasteiger partial charge in [-0.3, -0.25) is 10.1 Å². The molecule has 0 amide bonds. The lowest BCUT2D eigenvalue weighted by molar-refractivity contribution is -0.484. The maximum Gasteiger partial charge on any atom is 0.211 e. The molecule has 1 aliphatic heterocycles. The highest BCUT2D eigenvalue weighted by atomic mass is 16.6.